The largest absolute Gasteiger partial charge is 0.480 e. The lowest BCUT2D eigenvalue weighted by Gasteiger charge is -2.20. The Balaban J connectivity index is 2.29. The molecule has 0 atom stereocenters. The first-order valence-electron chi connectivity index (χ1n) is 6.43. The average Bonchev–Trinajstić information content (AvgIpc) is 3.11. The van der Waals surface area contributed by atoms with E-state index in [0.717, 1.165) is 12.8 Å². The second kappa shape index (κ2) is 7.60. The van der Waals surface area contributed by atoms with Gasteiger partial charge in [-0.1, -0.05) is 0 Å². The van der Waals surface area contributed by atoms with Gasteiger partial charge in [0.15, 0.2) is 0 Å². The van der Waals surface area contributed by atoms with E-state index < -0.39 is 12.0 Å². The van der Waals surface area contributed by atoms with Crippen LogP contribution in [0.15, 0.2) is 0 Å². The molecule has 0 aromatic rings. The molecule has 0 saturated heterocycles. The van der Waals surface area contributed by atoms with Crippen LogP contribution >= 0.6 is 0 Å². The van der Waals surface area contributed by atoms with Crippen molar-refractivity contribution in [3.8, 4) is 0 Å². The summed E-state index contributed by atoms with van der Waals surface area (Å²) in [6.07, 6.45) is 2.16. The van der Waals surface area contributed by atoms with E-state index >= 15 is 0 Å². The Morgan fingerprint density at radius 1 is 1.37 bits per heavy atom. The zero-order valence-electron chi connectivity index (χ0n) is 11.1. The van der Waals surface area contributed by atoms with Crippen molar-refractivity contribution in [3.05, 3.63) is 0 Å². The van der Waals surface area contributed by atoms with Gasteiger partial charge in [0.05, 0.1) is 13.0 Å². The number of amides is 2. The van der Waals surface area contributed by atoms with Crippen LogP contribution in [0.25, 0.3) is 0 Å². The third kappa shape index (κ3) is 6.64. The quantitative estimate of drug-likeness (QED) is 0.625. The summed E-state index contributed by atoms with van der Waals surface area (Å²) >= 11 is 0. The number of hydrogen-bond donors (Lipinski definition) is 2. The monoisotopic (exact) mass is 272 g/mol. The van der Waals surface area contributed by atoms with Gasteiger partial charge in [0, 0.05) is 13.1 Å². The molecule has 0 unspecified atom stereocenters. The van der Waals surface area contributed by atoms with Gasteiger partial charge in [-0.05, 0) is 25.7 Å². The van der Waals surface area contributed by atoms with Gasteiger partial charge >= 0.3 is 18.0 Å². The Morgan fingerprint density at radius 2 is 2.05 bits per heavy atom. The summed E-state index contributed by atoms with van der Waals surface area (Å²) in [6.45, 7) is 2.30. The lowest BCUT2D eigenvalue weighted by molar-refractivity contribution is -0.143. The number of carboxylic acid groups (broad SMARTS) is 1. The minimum absolute atomic E-state index is 0.0872. The van der Waals surface area contributed by atoms with Crippen LogP contribution in [0.5, 0.6) is 0 Å². The van der Waals surface area contributed by atoms with Crippen LogP contribution < -0.4 is 5.32 Å². The molecule has 0 bridgehead atoms. The van der Waals surface area contributed by atoms with Crippen LogP contribution in [-0.2, 0) is 14.3 Å². The van der Waals surface area contributed by atoms with Crippen molar-refractivity contribution in [1.29, 1.82) is 0 Å². The molecule has 1 saturated carbocycles. The van der Waals surface area contributed by atoms with E-state index in [4.69, 9.17) is 9.84 Å². The predicted molar refractivity (Wildman–Crippen MR) is 66.6 cm³/mol. The molecule has 7 heteroatoms. The third-order valence-electron chi connectivity index (χ3n) is 2.70. The van der Waals surface area contributed by atoms with Crippen LogP contribution in [0.1, 0.15) is 26.2 Å². The minimum atomic E-state index is -1.04. The fourth-order valence-electron chi connectivity index (χ4n) is 1.61. The standard InChI is InChI=1S/C12H20N2O5/c1-2-19-11(17)5-6-13-12(18)14(8-10(15)16)7-9-3-4-9/h9H,2-8H2,1H3,(H,13,18)(H,15,16). The molecule has 0 spiro atoms. The maximum atomic E-state index is 11.8. The molecule has 0 heterocycles. The van der Waals surface area contributed by atoms with Crippen molar-refractivity contribution in [2.75, 3.05) is 26.2 Å². The van der Waals surface area contributed by atoms with E-state index in [1.807, 2.05) is 0 Å². The average molecular weight is 272 g/mol. The molecule has 108 valence electrons. The van der Waals surface area contributed by atoms with Gasteiger partial charge in [0.2, 0.25) is 0 Å². The molecule has 1 aliphatic rings. The second-order valence-corrected chi connectivity index (χ2v) is 4.50. The van der Waals surface area contributed by atoms with E-state index in [9.17, 15) is 14.4 Å². The number of aliphatic carboxylic acids is 1. The van der Waals surface area contributed by atoms with Crippen molar-refractivity contribution >= 4 is 18.0 Å². The highest BCUT2D eigenvalue weighted by Crippen LogP contribution is 2.29. The first-order chi connectivity index (χ1) is 9.02. The van der Waals surface area contributed by atoms with Crippen LogP contribution in [0.3, 0.4) is 0 Å². The Hall–Kier alpha value is -1.79. The Labute approximate surface area is 111 Å². The topological polar surface area (TPSA) is 95.9 Å². The van der Waals surface area contributed by atoms with E-state index in [1.54, 1.807) is 6.92 Å². The normalized spacial score (nSPS) is 13.7. The maximum absolute atomic E-state index is 11.8. The van der Waals surface area contributed by atoms with Crippen LogP contribution in [0, 0.1) is 5.92 Å². The van der Waals surface area contributed by atoms with Crippen molar-refractivity contribution in [2.24, 2.45) is 5.92 Å². The molecular weight excluding hydrogens is 252 g/mol. The highest BCUT2D eigenvalue weighted by molar-refractivity contribution is 5.80. The summed E-state index contributed by atoms with van der Waals surface area (Å²) in [5, 5.41) is 11.3. The van der Waals surface area contributed by atoms with E-state index in [1.165, 1.54) is 4.90 Å². The molecule has 0 aromatic heterocycles. The lowest BCUT2D eigenvalue weighted by Crippen LogP contribution is -2.44. The highest BCUT2D eigenvalue weighted by atomic mass is 16.5. The Bertz CT molecular complexity index is 341. The number of hydrogen-bond acceptors (Lipinski definition) is 4. The third-order valence-corrected chi connectivity index (χ3v) is 2.70. The fraction of sp³-hybridized carbons (Fsp3) is 0.750. The van der Waals surface area contributed by atoms with E-state index in [2.05, 4.69) is 5.32 Å². The summed E-state index contributed by atoms with van der Waals surface area (Å²) in [6, 6.07) is -0.446. The Kier molecular flexibility index (Phi) is 6.11. The maximum Gasteiger partial charge on any atom is 0.323 e. The van der Waals surface area contributed by atoms with Gasteiger partial charge in [-0.3, -0.25) is 9.59 Å². The first kappa shape index (κ1) is 15.3. The van der Waals surface area contributed by atoms with Gasteiger partial charge in [0.1, 0.15) is 6.54 Å². The molecule has 1 rings (SSSR count). The van der Waals surface area contributed by atoms with Crippen molar-refractivity contribution in [3.63, 3.8) is 0 Å². The number of esters is 1. The van der Waals surface area contributed by atoms with Gasteiger partial charge in [-0.2, -0.15) is 0 Å². The minimum Gasteiger partial charge on any atom is -0.480 e. The van der Waals surface area contributed by atoms with Gasteiger partial charge in [0.25, 0.3) is 0 Å². The molecule has 2 N–H and O–H groups in total. The van der Waals surface area contributed by atoms with Crippen molar-refractivity contribution in [2.45, 2.75) is 26.2 Å². The van der Waals surface area contributed by atoms with Crippen LogP contribution in [0.2, 0.25) is 0 Å². The molecule has 0 radical (unpaired) electrons. The highest BCUT2D eigenvalue weighted by Gasteiger charge is 2.27. The fourth-order valence-corrected chi connectivity index (χ4v) is 1.61. The number of carboxylic acids is 1. The molecule has 0 aliphatic heterocycles. The van der Waals surface area contributed by atoms with Crippen molar-refractivity contribution in [1.82, 2.24) is 10.2 Å². The lowest BCUT2D eigenvalue weighted by atomic mass is 10.3. The molecule has 7 nitrogen and oxygen atoms in total. The summed E-state index contributed by atoms with van der Waals surface area (Å²) in [4.78, 5) is 34.8. The number of carbonyl (C=O) groups is 3. The predicted octanol–water partition coefficient (Wildman–Crippen LogP) is 0.446. The second-order valence-electron chi connectivity index (χ2n) is 4.50. The first-order valence-corrected chi connectivity index (χ1v) is 6.43. The van der Waals surface area contributed by atoms with Crippen molar-refractivity contribution < 1.29 is 24.2 Å². The molecule has 0 aromatic carbocycles. The summed E-state index contributed by atoms with van der Waals surface area (Å²) in [7, 11) is 0. The number of ether oxygens (including phenoxy) is 1. The molecule has 1 fully saturated rings. The molecule has 19 heavy (non-hydrogen) atoms. The zero-order valence-corrected chi connectivity index (χ0v) is 11.1. The molecular formula is C12H20N2O5. The Morgan fingerprint density at radius 3 is 2.58 bits per heavy atom. The SMILES string of the molecule is CCOC(=O)CCNC(=O)N(CC(=O)O)CC1CC1. The summed E-state index contributed by atoms with van der Waals surface area (Å²) in [5.74, 6) is -1.01. The number of urea groups is 1. The van der Waals surface area contributed by atoms with E-state index in [-0.39, 0.29) is 25.5 Å². The van der Waals surface area contributed by atoms with Crippen LogP contribution in [0.4, 0.5) is 4.79 Å². The number of carbonyl (C=O) groups excluding carboxylic acids is 2. The summed E-state index contributed by atoms with van der Waals surface area (Å²) in [5.41, 5.74) is 0. The zero-order chi connectivity index (χ0) is 14.3. The van der Waals surface area contributed by atoms with Gasteiger partial charge in [-0.15, -0.1) is 0 Å². The van der Waals surface area contributed by atoms with E-state index in [0.29, 0.717) is 19.1 Å². The number of nitrogens with zero attached hydrogens (tertiary/aromatic N) is 1. The molecule has 1 aliphatic carbocycles. The smallest absolute Gasteiger partial charge is 0.323 e. The number of rotatable bonds is 8. The van der Waals surface area contributed by atoms with Gasteiger partial charge in [-0.25, -0.2) is 4.79 Å². The van der Waals surface area contributed by atoms with Crippen LogP contribution in [-0.4, -0.2) is 54.2 Å². The number of nitrogens with one attached hydrogen (secondary N) is 1. The van der Waals surface area contributed by atoms with Gasteiger partial charge < -0.3 is 20.1 Å². The molecule has 2 amide bonds. The summed E-state index contributed by atoms with van der Waals surface area (Å²) < 4.78 is 4.73.